The van der Waals surface area contributed by atoms with E-state index in [-0.39, 0.29) is 0 Å². The third kappa shape index (κ3) is 1.83. The Morgan fingerprint density at radius 1 is 1.05 bits per heavy atom. The molecule has 0 saturated heterocycles. The monoisotopic (exact) mass is 266 g/mol. The summed E-state index contributed by atoms with van der Waals surface area (Å²) in [5.41, 5.74) is 1.84. The van der Waals surface area contributed by atoms with E-state index in [4.69, 9.17) is 0 Å². The van der Waals surface area contributed by atoms with Gasteiger partial charge in [0.2, 0.25) is 0 Å². The van der Waals surface area contributed by atoms with Gasteiger partial charge in [-0.15, -0.1) is 0 Å². The molecule has 0 bridgehead atoms. The summed E-state index contributed by atoms with van der Waals surface area (Å²) in [6, 6.07) is 17.4. The molecule has 20 heavy (non-hydrogen) atoms. The molecule has 2 aromatic carbocycles. The molecule has 1 N–H and O–H groups in total. The van der Waals surface area contributed by atoms with Gasteiger partial charge in [0, 0.05) is 5.92 Å². The smallest absolute Gasteiger partial charge is 0.314 e. The molecule has 1 aliphatic carbocycles. The Balaban J connectivity index is 1.94. The fourth-order valence-electron chi connectivity index (χ4n) is 2.74. The lowest BCUT2D eigenvalue weighted by Crippen LogP contribution is -2.22. The van der Waals surface area contributed by atoms with Crippen molar-refractivity contribution in [1.82, 2.24) is 0 Å². The first-order valence-electron chi connectivity index (χ1n) is 6.53. The zero-order valence-corrected chi connectivity index (χ0v) is 10.8. The van der Waals surface area contributed by atoms with E-state index in [1.807, 2.05) is 54.6 Å². The van der Waals surface area contributed by atoms with Crippen LogP contribution in [-0.2, 0) is 15.0 Å². The normalized spacial score (nSPS) is 24.1. The van der Waals surface area contributed by atoms with Crippen molar-refractivity contribution in [3.8, 4) is 11.1 Å². The second-order valence-corrected chi connectivity index (χ2v) is 5.17. The van der Waals surface area contributed by atoms with Crippen molar-refractivity contribution in [3.63, 3.8) is 0 Å². The highest BCUT2D eigenvalue weighted by Gasteiger charge is 2.61. The van der Waals surface area contributed by atoms with E-state index in [1.54, 1.807) is 0 Å². The van der Waals surface area contributed by atoms with Gasteiger partial charge in [-0.1, -0.05) is 54.6 Å². The molecule has 3 rings (SSSR count). The van der Waals surface area contributed by atoms with Gasteiger partial charge in [-0.25, -0.2) is 0 Å². The second kappa shape index (κ2) is 4.60. The SMILES string of the molecule is O=CC1CC1(C(=O)O)c1ccc(-c2ccccc2)cc1. The number of carbonyl (C=O) groups excluding carboxylic acids is 1. The third-order valence-corrected chi connectivity index (χ3v) is 4.07. The van der Waals surface area contributed by atoms with Gasteiger partial charge < -0.3 is 9.90 Å². The zero-order chi connectivity index (χ0) is 14.2. The van der Waals surface area contributed by atoms with Crippen LogP contribution in [0.4, 0.5) is 0 Å². The summed E-state index contributed by atoms with van der Waals surface area (Å²) in [7, 11) is 0. The van der Waals surface area contributed by atoms with E-state index in [0.717, 1.165) is 17.4 Å². The quantitative estimate of drug-likeness (QED) is 0.866. The van der Waals surface area contributed by atoms with Crippen molar-refractivity contribution >= 4 is 12.3 Å². The lowest BCUT2D eigenvalue weighted by atomic mass is 9.92. The minimum atomic E-state index is -1.00. The summed E-state index contributed by atoms with van der Waals surface area (Å²) in [5.74, 6) is -1.32. The van der Waals surface area contributed by atoms with Gasteiger partial charge in [0.05, 0.1) is 0 Å². The lowest BCUT2D eigenvalue weighted by molar-refractivity contribution is -0.141. The molecule has 1 fully saturated rings. The highest BCUT2D eigenvalue weighted by atomic mass is 16.4. The van der Waals surface area contributed by atoms with Crippen LogP contribution in [0.25, 0.3) is 11.1 Å². The first-order chi connectivity index (χ1) is 9.68. The van der Waals surface area contributed by atoms with Gasteiger partial charge in [0.25, 0.3) is 0 Å². The number of rotatable bonds is 4. The molecule has 100 valence electrons. The highest BCUT2D eigenvalue weighted by molar-refractivity contribution is 5.91. The Morgan fingerprint density at radius 2 is 1.65 bits per heavy atom. The summed E-state index contributed by atoms with van der Waals surface area (Å²) in [6.45, 7) is 0. The van der Waals surface area contributed by atoms with Gasteiger partial charge in [-0.2, -0.15) is 0 Å². The van der Waals surface area contributed by atoms with E-state index < -0.39 is 17.3 Å². The van der Waals surface area contributed by atoms with Crippen molar-refractivity contribution < 1.29 is 14.7 Å². The molecule has 2 atom stereocenters. The Hall–Kier alpha value is -2.42. The molecule has 0 spiro atoms. The van der Waals surface area contributed by atoms with Crippen LogP contribution >= 0.6 is 0 Å². The van der Waals surface area contributed by atoms with Crippen molar-refractivity contribution in [3.05, 3.63) is 60.2 Å². The molecule has 2 aromatic rings. The zero-order valence-electron chi connectivity index (χ0n) is 10.8. The van der Waals surface area contributed by atoms with Crippen LogP contribution in [0.5, 0.6) is 0 Å². The van der Waals surface area contributed by atoms with E-state index in [1.165, 1.54) is 0 Å². The first-order valence-corrected chi connectivity index (χ1v) is 6.53. The standard InChI is InChI=1S/C17H14O3/c18-11-15-10-17(15,16(19)20)14-8-6-13(7-9-14)12-4-2-1-3-5-12/h1-9,11,15H,10H2,(H,19,20). The Bertz CT molecular complexity index is 646. The molecule has 0 aliphatic heterocycles. The number of aliphatic carboxylic acids is 1. The minimum absolute atomic E-state index is 0.399. The van der Waals surface area contributed by atoms with Crippen LogP contribution < -0.4 is 0 Å². The van der Waals surface area contributed by atoms with Crippen LogP contribution in [-0.4, -0.2) is 17.4 Å². The van der Waals surface area contributed by atoms with Crippen LogP contribution in [0.2, 0.25) is 0 Å². The largest absolute Gasteiger partial charge is 0.481 e. The molecule has 2 unspecified atom stereocenters. The fraction of sp³-hybridized carbons (Fsp3) is 0.176. The van der Waals surface area contributed by atoms with Crippen molar-refractivity contribution in [2.45, 2.75) is 11.8 Å². The van der Waals surface area contributed by atoms with Gasteiger partial charge in [-0.3, -0.25) is 4.79 Å². The number of carboxylic acids is 1. The van der Waals surface area contributed by atoms with E-state index in [2.05, 4.69) is 0 Å². The molecule has 3 heteroatoms. The topological polar surface area (TPSA) is 54.4 Å². The Morgan fingerprint density at radius 3 is 2.15 bits per heavy atom. The summed E-state index contributed by atoms with van der Waals surface area (Å²) in [6.07, 6.45) is 1.15. The van der Waals surface area contributed by atoms with Gasteiger partial charge >= 0.3 is 5.97 Å². The van der Waals surface area contributed by atoms with E-state index in [0.29, 0.717) is 12.0 Å². The average Bonchev–Trinajstić information content (AvgIpc) is 3.24. The number of carbonyl (C=O) groups is 2. The predicted molar refractivity (Wildman–Crippen MR) is 75.4 cm³/mol. The molecule has 0 amide bonds. The number of carboxylic acid groups (broad SMARTS) is 1. The molecule has 0 aromatic heterocycles. The summed E-state index contributed by atoms with van der Waals surface area (Å²) >= 11 is 0. The summed E-state index contributed by atoms with van der Waals surface area (Å²) < 4.78 is 0. The molecule has 1 saturated carbocycles. The van der Waals surface area contributed by atoms with E-state index >= 15 is 0 Å². The molecule has 1 aliphatic rings. The van der Waals surface area contributed by atoms with Crippen LogP contribution in [0.3, 0.4) is 0 Å². The van der Waals surface area contributed by atoms with Crippen LogP contribution in [0.1, 0.15) is 12.0 Å². The van der Waals surface area contributed by atoms with Crippen LogP contribution in [0, 0.1) is 5.92 Å². The van der Waals surface area contributed by atoms with Gasteiger partial charge in [0.1, 0.15) is 11.7 Å². The maximum absolute atomic E-state index is 11.4. The maximum atomic E-state index is 11.4. The molecule has 0 radical (unpaired) electrons. The van der Waals surface area contributed by atoms with Gasteiger partial charge in [0.15, 0.2) is 0 Å². The Labute approximate surface area is 116 Å². The molecule has 3 nitrogen and oxygen atoms in total. The first kappa shape index (κ1) is 12.6. The number of hydrogen-bond acceptors (Lipinski definition) is 2. The molecule has 0 heterocycles. The minimum Gasteiger partial charge on any atom is -0.481 e. The van der Waals surface area contributed by atoms with Crippen molar-refractivity contribution in [2.75, 3.05) is 0 Å². The molecular weight excluding hydrogens is 252 g/mol. The average molecular weight is 266 g/mol. The predicted octanol–water partition coefficient (Wildman–Crippen LogP) is 2.89. The summed E-state index contributed by atoms with van der Waals surface area (Å²) in [4.78, 5) is 22.3. The van der Waals surface area contributed by atoms with Gasteiger partial charge in [-0.05, 0) is 23.1 Å². The van der Waals surface area contributed by atoms with Crippen molar-refractivity contribution in [2.24, 2.45) is 5.92 Å². The van der Waals surface area contributed by atoms with E-state index in [9.17, 15) is 14.7 Å². The highest BCUT2D eigenvalue weighted by Crippen LogP contribution is 2.53. The number of benzene rings is 2. The maximum Gasteiger partial charge on any atom is 0.314 e. The second-order valence-electron chi connectivity index (χ2n) is 5.17. The molecular formula is C17H14O3. The summed E-state index contributed by atoms with van der Waals surface area (Å²) in [5, 5.41) is 9.39. The van der Waals surface area contributed by atoms with Crippen LogP contribution in [0.15, 0.2) is 54.6 Å². The van der Waals surface area contributed by atoms with Crippen molar-refractivity contribution in [1.29, 1.82) is 0 Å². The number of aldehydes is 1. The lowest BCUT2D eigenvalue weighted by Gasteiger charge is -2.12. The number of hydrogen-bond donors (Lipinski definition) is 1. The third-order valence-electron chi connectivity index (χ3n) is 4.07. The fourth-order valence-corrected chi connectivity index (χ4v) is 2.74. The Kier molecular flexibility index (Phi) is 2.90.